The molecule has 0 aliphatic carbocycles. The molecule has 0 fully saturated rings. The van der Waals surface area contributed by atoms with Gasteiger partial charge in [0.25, 0.3) is 0 Å². The minimum Gasteiger partial charge on any atom is -0.164 e. The molecular formula is C14H16Br2N8. The van der Waals surface area contributed by atoms with Gasteiger partial charge in [-0.1, -0.05) is 50.1 Å². The highest BCUT2D eigenvalue weighted by molar-refractivity contribution is 9.09. The van der Waals surface area contributed by atoms with Crippen LogP contribution in [0.3, 0.4) is 0 Å². The molecule has 0 amide bonds. The highest BCUT2D eigenvalue weighted by Crippen LogP contribution is 2.21. The van der Waals surface area contributed by atoms with Crippen LogP contribution in [0, 0.1) is 0 Å². The second kappa shape index (κ2) is 8.43. The molecule has 0 atom stereocenters. The summed E-state index contributed by atoms with van der Waals surface area (Å²) in [5, 5.41) is 27.0. The number of hydrogen-bond donors (Lipinski definition) is 0. The van der Waals surface area contributed by atoms with Crippen molar-refractivity contribution in [2.75, 3.05) is 10.7 Å². The van der Waals surface area contributed by atoms with Gasteiger partial charge < -0.3 is 0 Å². The topological polar surface area (TPSA) is 87.2 Å². The molecule has 0 aliphatic rings. The Hall–Kier alpha value is -1.68. The summed E-state index contributed by atoms with van der Waals surface area (Å²) in [6, 6.07) is 7.79. The first-order chi connectivity index (χ1) is 11.8. The van der Waals surface area contributed by atoms with E-state index >= 15 is 0 Å². The van der Waals surface area contributed by atoms with E-state index in [-0.39, 0.29) is 0 Å². The number of hydrogen-bond acceptors (Lipinski definition) is 6. The molecular weight excluding hydrogens is 440 g/mol. The molecule has 0 unspecified atom stereocenters. The Bertz CT molecular complexity index is 723. The molecule has 0 saturated heterocycles. The van der Waals surface area contributed by atoms with E-state index in [0.29, 0.717) is 11.6 Å². The highest BCUT2D eigenvalue weighted by Gasteiger charge is 2.10. The maximum atomic E-state index is 4.41. The lowest BCUT2D eigenvalue weighted by atomic mass is 10.1. The predicted molar refractivity (Wildman–Crippen MR) is 96.9 cm³/mol. The smallest absolute Gasteiger partial charge is 0.164 e. The monoisotopic (exact) mass is 454 g/mol. The molecule has 2 aromatic heterocycles. The van der Waals surface area contributed by atoms with E-state index in [2.05, 4.69) is 62.7 Å². The van der Waals surface area contributed by atoms with Crippen molar-refractivity contribution >= 4 is 31.9 Å². The van der Waals surface area contributed by atoms with Crippen molar-refractivity contribution in [3.63, 3.8) is 0 Å². The Morgan fingerprint density at radius 3 is 1.75 bits per heavy atom. The van der Waals surface area contributed by atoms with E-state index in [1.807, 2.05) is 24.3 Å². The van der Waals surface area contributed by atoms with E-state index in [9.17, 15) is 0 Å². The summed E-state index contributed by atoms with van der Waals surface area (Å²) in [4.78, 5) is 3.22. The van der Waals surface area contributed by atoms with Crippen molar-refractivity contribution < 1.29 is 0 Å². The van der Waals surface area contributed by atoms with Gasteiger partial charge in [0, 0.05) is 21.8 Å². The van der Waals surface area contributed by atoms with Crippen LogP contribution in [-0.2, 0) is 13.1 Å². The van der Waals surface area contributed by atoms with E-state index in [1.54, 1.807) is 9.59 Å². The zero-order valence-corrected chi connectivity index (χ0v) is 16.1. The van der Waals surface area contributed by atoms with Gasteiger partial charge in [0.2, 0.25) is 11.6 Å². The molecule has 126 valence electrons. The highest BCUT2D eigenvalue weighted by atomic mass is 79.9. The van der Waals surface area contributed by atoms with Crippen LogP contribution in [0.2, 0.25) is 0 Å². The average Bonchev–Trinajstić information content (AvgIpc) is 3.28. The molecule has 0 radical (unpaired) electrons. The molecule has 3 aromatic rings. The third kappa shape index (κ3) is 4.23. The molecule has 0 saturated carbocycles. The molecule has 0 aliphatic heterocycles. The maximum Gasteiger partial charge on any atom is 0.204 e. The molecule has 10 heteroatoms. The number of nitrogens with zero attached hydrogens (tertiary/aromatic N) is 8. The molecule has 0 bridgehead atoms. The van der Waals surface area contributed by atoms with Crippen molar-refractivity contribution in [3.8, 4) is 22.8 Å². The van der Waals surface area contributed by atoms with Crippen LogP contribution in [0.4, 0.5) is 0 Å². The number of tetrazole rings is 2. The Labute approximate surface area is 155 Å². The Balaban J connectivity index is 1.78. The van der Waals surface area contributed by atoms with Crippen molar-refractivity contribution in [2.24, 2.45) is 0 Å². The van der Waals surface area contributed by atoms with Gasteiger partial charge in [-0.05, 0) is 29.3 Å². The van der Waals surface area contributed by atoms with Crippen LogP contribution in [-0.4, -0.2) is 51.1 Å². The lowest BCUT2D eigenvalue weighted by molar-refractivity contribution is 0.518. The van der Waals surface area contributed by atoms with Gasteiger partial charge >= 0.3 is 0 Å². The van der Waals surface area contributed by atoms with Gasteiger partial charge in [-0.15, -0.1) is 20.4 Å². The third-order valence-electron chi connectivity index (χ3n) is 3.27. The van der Waals surface area contributed by atoms with Gasteiger partial charge in [-0.25, -0.2) is 0 Å². The summed E-state index contributed by atoms with van der Waals surface area (Å²) in [6.07, 6.45) is 1.91. The second-order valence-electron chi connectivity index (χ2n) is 5.08. The number of halogens is 2. The Morgan fingerprint density at radius 1 is 0.792 bits per heavy atom. The van der Waals surface area contributed by atoms with Crippen LogP contribution < -0.4 is 0 Å². The van der Waals surface area contributed by atoms with E-state index < -0.39 is 0 Å². The van der Waals surface area contributed by atoms with Gasteiger partial charge in [-0.3, -0.25) is 0 Å². The zero-order valence-electron chi connectivity index (χ0n) is 12.9. The normalized spacial score (nSPS) is 11.1. The fourth-order valence-electron chi connectivity index (χ4n) is 2.11. The van der Waals surface area contributed by atoms with Gasteiger partial charge in [0.1, 0.15) is 0 Å². The Kier molecular flexibility index (Phi) is 6.02. The standard InChI is InChI=1S/C14H16Br2N8/c15-6-2-8-23-19-13(17-21-23)11-4-1-5-12(10-11)14-18-22-24(20-14)9-3-7-16/h1,4-5,10H,2-3,6-9H2. The first-order valence-electron chi connectivity index (χ1n) is 7.58. The van der Waals surface area contributed by atoms with E-state index in [1.165, 1.54) is 0 Å². The predicted octanol–water partition coefficient (Wildman–Crippen LogP) is 2.56. The number of aromatic nitrogens is 8. The van der Waals surface area contributed by atoms with Crippen LogP contribution in [0.5, 0.6) is 0 Å². The number of rotatable bonds is 8. The minimum atomic E-state index is 0.595. The largest absolute Gasteiger partial charge is 0.204 e. The summed E-state index contributed by atoms with van der Waals surface area (Å²) in [5.74, 6) is 1.19. The van der Waals surface area contributed by atoms with E-state index in [0.717, 1.165) is 47.7 Å². The van der Waals surface area contributed by atoms with Crippen LogP contribution in [0.15, 0.2) is 24.3 Å². The van der Waals surface area contributed by atoms with Crippen molar-refractivity contribution in [3.05, 3.63) is 24.3 Å². The third-order valence-corrected chi connectivity index (χ3v) is 4.39. The summed E-state index contributed by atoms with van der Waals surface area (Å²) in [6.45, 7) is 1.47. The van der Waals surface area contributed by atoms with Crippen LogP contribution >= 0.6 is 31.9 Å². The lowest BCUT2D eigenvalue weighted by Crippen LogP contribution is -2.03. The van der Waals surface area contributed by atoms with Gasteiger partial charge in [0.05, 0.1) is 13.1 Å². The fourth-order valence-corrected chi connectivity index (χ4v) is 2.61. The zero-order chi connectivity index (χ0) is 16.8. The average molecular weight is 456 g/mol. The molecule has 8 nitrogen and oxygen atoms in total. The van der Waals surface area contributed by atoms with Crippen molar-refractivity contribution in [1.82, 2.24) is 40.4 Å². The summed E-state index contributed by atoms with van der Waals surface area (Å²) >= 11 is 6.80. The maximum absolute atomic E-state index is 4.41. The Morgan fingerprint density at radius 2 is 1.29 bits per heavy atom. The number of aryl methyl sites for hydroxylation is 2. The molecule has 0 N–H and O–H groups in total. The lowest BCUT2D eigenvalue weighted by Gasteiger charge is -1.98. The first kappa shape index (κ1) is 17.2. The quantitative estimate of drug-likeness (QED) is 0.485. The van der Waals surface area contributed by atoms with E-state index in [4.69, 9.17) is 0 Å². The van der Waals surface area contributed by atoms with Crippen LogP contribution in [0.25, 0.3) is 22.8 Å². The summed E-state index contributed by atoms with van der Waals surface area (Å²) in [5.41, 5.74) is 1.77. The van der Waals surface area contributed by atoms with Crippen molar-refractivity contribution in [2.45, 2.75) is 25.9 Å². The van der Waals surface area contributed by atoms with Crippen LogP contribution in [0.1, 0.15) is 12.8 Å². The summed E-state index contributed by atoms with van der Waals surface area (Å²) < 4.78 is 0. The SMILES string of the molecule is BrCCCn1nnc(-c2cccc(-c3nnn(CCCBr)n3)c2)n1. The van der Waals surface area contributed by atoms with Gasteiger partial charge in [0.15, 0.2) is 0 Å². The molecule has 3 rings (SSSR count). The molecule has 0 spiro atoms. The molecule has 1 aromatic carbocycles. The number of alkyl halides is 2. The van der Waals surface area contributed by atoms with Gasteiger partial charge in [-0.2, -0.15) is 9.59 Å². The fraction of sp³-hybridized carbons (Fsp3) is 0.429. The first-order valence-corrected chi connectivity index (χ1v) is 9.83. The second-order valence-corrected chi connectivity index (χ2v) is 6.67. The minimum absolute atomic E-state index is 0.595. The molecule has 2 heterocycles. The molecule has 24 heavy (non-hydrogen) atoms. The van der Waals surface area contributed by atoms with Crippen molar-refractivity contribution in [1.29, 1.82) is 0 Å². The summed E-state index contributed by atoms with van der Waals surface area (Å²) in [7, 11) is 0. The number of benzene rings is 1.